The van der Waals surface area contributed by atoms with Gasteiger partial charge in [0.15, 0.2) is 0 Å². The minimum Gasteiger partial charge on any atom is -0.463 e. The Labute approximate surface area is 136 Å². The normalized spacial score (nSPS) is 16.7. The van der Waals surface area contributed by atoms with Gasteiger partial charge in [-0.2, -0.15) is 4.98 Å². The number of aryl methyl sites for hydroxylation is 1. The van der Waals surface area contributed by atoms with Crippen molar-refractivity contribution < 1.29 is 14.3 Å². The molecule has 7 heteroatoms. The summed E-state index contributed by atoms with van der Waals surface area (Å²) in [5.74, 6) is 0.108. The highest BCUT2D eigenvalue weighted by Crippen LogP contribution is 2.42. The van der Waals surface area contributed by atoms with Gasteiger partial charge in [0, 0.05) is 4.88 Å². The summed E-state index contributed by atoms with van der Waals surface area (Å²) in [5, 5.41) is 1.90. The lowest BCUT2D eigenvalue weighted by Gasteiger charge is -2.26. The second-order valence-electron chi connectivity index (χ2n) is 5.11. The fourth-order valence-corrected chi connectivity index (χ4v) is 3.50. The van der Waals surface area contributed by atoms with E-state index in [-0.39, 0.29) is 18.0 Å². The molecular weight excluding hydrogens is 316 g/mol. The molecule has 1 atom stereocenters. The van der Waals surface area contributed by atoms with E-state index in [9.17, 15) is 9.59 Å². The van der Waals surface area contributed by atoms with E-state index in [0.717, 1.165) is 4.88 Å². The summed E-state index contributed by atoms with van der Waals surface area (Å²) in [6.45, 7) is 5.37. The van der Waals surface area contributed by atoms with Crippen LogP contribution in [0.2, 0.25) is 0 Å². The second kappa shape index (κ2) is 6.00. The zero-order valence-electron chi connectivity index (χ0n) is 13.0. The van der Waals surface area contributed by atoms with Gasteiger partial charge in [-0.1, -0.05) is 6.07 Å². The van der Waals surface area contributed by atoms with E-state index in [4.69, 9.17) is 9.47 Å². The molecule has 0 spiro atoms. The molecule has 0 saturated heterocycles. The fourth-order valence-electron chi connectivity index (χ4n) is 2.66. The first-order valence-corrected chi connectivity index (χ1v) is 8.10. The quantitative estimate of drug-likeness (QED) is 0.874. The van der Waals surface area contributed by atoms with Crippen molar-refractivity contribution in [3.8, 4) is 5.88 Å². The highest BCUT2D eigenvalue weighted by Gasteiger charge is 2.38. The Bertz CT molecular complexity index is 836. The van der Waals surface area contributed by atoms with E-state index >= 15 is 0 Å². The van der Waals surface area contributed by atoms with Gasteiger partial charge >= 0.3 is 5.97 Å². The van der Waals surface area contributed by atoms with Crippen molar-refractivity contribution in [1.82, 2.24) is 9.97 Å². The molecule has 0 aromatic carbocycles. The minimum absolute atomic E-state index is 0.246. The molecule has 0 fully saturated rings. The molecule has 2 aromatic rings. The number of aromatic amines is 1. The van der Waals surface area contributed by atoms with Gasteiger partial charge in [-0.05, 0) is 32.2 Å². The Morgan fingerprint density at radius 1 is 1.48 bits per heavy atom. The topological polar surface area (TPSA) is 81.3 Å². The summed E-state index contributed by atoms with van der Waals surface area (Å²) in [6.07, 6.45) is 0. The van der Waals surface area contributed by atoms with Crippen LogP contribution in [-0.2, 0) is 9.53 Å². The first-order valence-electron chi connectivity index (χ1n) is 7.22. The molecule has 3 heterocycles. The molecule has 3 rings (SSSR count). The van der Waals surface area contributed by atoms with Crippen LogP contribution in [0.1, 0.15) is 36.0 Å². The molecule has 0 saturated carbocycles. The number of carbonyl (C=O) groups excluding carboxylic acids is 1. The fraction of sp³-hybridized carbons (Fsp3) is 0.312. The van der Waals surface area contributed by atoms with E-state index in [1.807, 2.05) is 17.5 Å². The molecule has 1 N–H and O–H groups in total. The Balaban J connectivity index is 2.24. The maximum Gasteiger partial charge on any atom is 0.338 e. The summed E-state index contributed by atoms with van der Waals surface area (Å²) in [5.41, 5.74) is 0.379. The largest absolute Gasteiger partial charge is 0.463 e. The second-order valence-corrected chi connectivity index (χ2v) is 6.09. The maximum atomic E-state index is 12.5. The first kappa shape index (κ1) is 15.5. The van der Waals surface area contributed by atoms with Crippen LogP contribution in [0.4, 0.5) is 0 Å². The molecule has 0 bridgehead atoms. The summed E-state index contributed by atoms with van der Waals surface area (Å²) < 4.78 is 10.8. The molecule has 120 valence electrons. The van der Waals surface area contributed by atoms with E-state index in [0.29, 0.717) is 22.7 Å². The van der Waals surface area contributed by atoms with Crippen LogP contribution in [0, 0.1) is 6.92 Å². The van der Waals surface area contributed by atoms with Gasteiger partial charge in [0.2, 0.25) is 5.88 Å². The van der Waals surface area contributed by atoms with Crippen molar-refractivity contribution in [3.05, 3.63) is 55.5 Å². The lowest BCUT2D eigenvalue weighted by molar-refractivity contribution is -0.139. The van der Waals surface area contributed by atoms with Gasteiger partial charge in [-0.3, -0.25) is 4.79 Å². The number of H-pyrrole nitrogens is 1. The number of hydrogen-bond acceptors (Lipinski definition) is 6. The van der Waals surface area contributed by atoms with Crippen molar-refractivity contribution in [2.45, 2.75) is 26.7 Å². The van der Waals surface area contributed by atoms with Crippen LogP contribution in [0.25, 0.3) is 0 Å². The zero-order chi connectivity index (χ0) is 16.6. The summed E-state index contributed by atoms with van der Waals surface area (Å²) in [7, 11) is 0. The molecule has 2 aromatic heterocycles. The predicted molar refractivity (Wildman–Crippen MR) is 85.7 cm³/mol. The van der Waals surface area contributed by atoms with Gasteiger partial charge in [-0.15, -0.1) is 11.3 Å². The molecule has 0 amide bonds. The van der Waals surface area contributed by atoms with Crippen molar-refractivity contribution in [2.75, 3.05) is 6.61 Å². The maximum absolute atomic E-state index is 12.5. The average Bonchev–Trinajstić information content (AvgIpc) is 2.99. The molecule has 23 heavy (non-hydrogen) atoms. The van der Waals surface area contributed by atoms with E-state index < -0.39 is 11.9 Å². The van der Waals surface area contributed by atoms with Gasteiger partial charge in [0.25, 0.3) is 5.56 Å². The number of allylic oxidation sites excluding steroid dienone is 1. The first-order chi connectivity index (χ1) is 11.0. The Morgan fingerprint density at radius 2 is 2.26 bits per heavy atom. The van der Waals surface area contributed by atoms with Crippen LogP contribution in [0.15, 0.2) is 33.6 Å². The molecule has 1 unspecified atom stereocenters. The van der Waals surface area contributed by atoms with Crippen molar-refractivity contribution in [3.63, 3.8) is 0 Å². The number of fused-ring (bicyclic) bond motifs is 1. The number of nitrogens with one attached hydrogen (secondary N) is 1. The molecular formula is C16H16N2O4S. The number of hydrogen-bond donors (Lipinski definition) is 1. The Hall–Kier alpha value is -2.41. The average molecular weight is 332 g/mol. The molecule has 6 nitrogen and oxygen atoms in total. The smallest absolute Gasteiger partial charge is 0.338 e. The van der Waals surface area contributed by atoms with Crippen LogP contribution < -0.4 is 10.3 Å². The van der Waals surface area contributed by atoms with Crippen molar-refractivity contribution in [2.24, 2.45) is 0 Å². The molecule has 1 aliphatic heterocycles. The lowest BCUT2D eigenvalue weighted by Crippen LogP contribution is -2.29. The number of nitrogens with zero attached hydrogens (tertiary/aromatic N) is 1. The number of aromatic nitrogens is 2. The highest BCUT2D eigenvalue weighted by atomic mass is 32.1. The highest BCUT2D eigenvalue weighted by molar-refractivity contribution is 7.10. The summed E-state index contributed by atoms with van der Waals surface area (Å²) in [4.78, 5) is 32.7. The van der Waals surface area contributed by atoms with Crippen LogP contribution in [-0.4, -0.2) is 22.5 Å². The lowest BCUT2D eigenvalue weighted by atomic mass is 9.88. The minimum atomic E-state index is -0.533. The third-order valence-electron chi connectivity index (χ3n) is 3.57. The van der Waals surface area contributed by atoms with Crippen molar-refractivity contribution >= 4 is 17.3 Å². The SMILES string of the molecule is CCOC(=O)C1=C(C)Oc2nc(C)[nH]c(=O)c2C1c1cccs1. The molecule has 0 radical (unpaired) electrons. The van der Waals surface area contributed by atoms with Crippen LogP contribution in [0.3, 0.4) is 0 Å². The zero-order valence-corrected chi connectivity index (χ0v) is 13.8. The number of thiophene rings is 1. The Morgan fingerprint density at radius 3 is 2.91 bits per heavy atom. The van der Waals surface area contributed by atoms with E-state index in [2.05, 4.69) is 9.97 Å². The van der Waals surface area contributed by atoms with Gasteiger partial charge in [0.1, 0.15) is 11.6 Å². The molecule has 1 aliphatic rings. The van der Waals surface area contributed by atoms with Crippen molar-refractivity contribution in [1.29, 1.82) is 0 Å². The van der Waals surface area contributed by atoms with Gasteiger partial charge < -0.3 is 14.5 Å². The van der Waals surface area contributed by atoms with E-state index in [1.165, 1.54) is 11.3 Å². The number of ether oxygens (including phenoxy) is 2. The number of esters is 1. The van der Waals surface area contributed by atoms with Crippen LogP contribution >= 0.6 is 11.3 Å². The standard InChI is InChI=1S/C16H16N2O4S/c1-4-21-16(20)11-8(2)22-15-13(14(19)17-9(3)18-15)12(11)10-6-5-7-23-10/h5-7,12H,4H2,1-3H3,(H,17,18,19). The number of rotatable bonds is 3. The predicted octanol–water partition coefficient (Wildman–Crippen LogP) is 2.50. The summed E-state index contributed by atoms with van der Waals surface area (Å²) >= 11 is 1.47. The van der Waals surface area contributed by atoms with E-state index in [1.54, 1.807) is 20.8 Å². The van der Waals surface area contributed by atoms with Gasteiger partial charge in [0.05, 0.1) is 23.7 Å². The number of carbonyl (C=O) groups is 1. The monoisotopic (exact) mass is 332 g/mol. The third kappa shape index (κ3) is 2.68. The summed E-state index contributed by atoms with van der Waals surface area (Å²) in [6, 6.07) is 3.76. The molecule has 0 aliphatic carbocycles. The van der Waals surface area contributed by atoms with Gasteiger partial charge in [-0.25, -0.2) is 4.79 Å². The Kier molecular flexibility index (Phi) is 4.04. The van der Waals surface area contributed by atoms with Crippen LogP contribution in [0.5, 0.6) is 5.88 Å². The third-order valence-corrected chi connectivity index (χ3v) is 4.51.